The van der Waals surface area contributed by atoms with E-state index in [9.17, 15) is 19.5 Å². The van der Waals surface area contributed by atoms with Crippen LogP contribution in [0.15, 0.2) is 63.8 Å². The van der Waals surface area contributed by atoms with Crippen LogP contribution >= 0.6 is 0 Å². The summed E-state index contributed by atoms with van der Waals surface area (Å²) >= 11 is 0. The highest BCUT2D eigenvalue weighted by Gasteiger charge is 2.20. The van der Waals surface area contributed by atoms with E-state index in [1.807, 2.05) is 37.3 Å². The average molecular weight is 422 g/mol. The minimum absolute atomic E-state index is 0.292. The molecule has 3 rings (SSSR count). The zero-order valence-electron chi connectivity index (χ0n) is 17.4. The highest BCUT2D eigenvalue weighted by molar-refractivity contribution is 5.93. The lowest BCUT2D eigenvalue weighted by molar-refractivity contribution is -0.308. The molecule has 162 valence electrons. The van der Waals surface area contributed by atoms with Crippen LogP contribution in [0.1, 0.15) is 33.1 Å². The molecule has 0 aliphatic heterocycles. The second kappa shape index (κ2) is 9.93. The number of nitrogens with one attached hydrogen (secondary N) is 1. The third kappa shape index (κ3) is 5.51. The zero-order chi connectivity index (χ0) is 22.4. The van der Waals surface area contributed by atoms with Gasteiger partial charge in [0.2, 0.25) is 0 Å². The highest BCUT2D eigenvalue weighted by Crippen LogP contribution is 2.29. The maximum Gasteiger partial charge on any atom is 0.336 e. The van der Waals surface area contributed by atoms with Crippen LogP contribution in [0, 0.1) is 0 Å². The third-order valence-corrected chi connectivity index (χ3v) is 4.93. The van der Waals surface area contributed by atoms with Gasteiger partial charge < -0.3 is 24.4 Å². The third-order valence-electron chi connectivity index (χ3n) is 4.93. The molecule has 1 aromatic heterocycles. The van der Waals surface area contributed by atoms with E-state index in [-0.39, 0.29) is 0 Å². The molecule has 0 saturated carbocycles. The van der Waals surface area contributed by atoms with E-state index in [0.29, 0.717) is 24.2 Å². The molecule has 3 aromatic rings. The highest BCUT2D eigenvalue weighted by atomic mass is 16.5. The van der Waals surface area contributed by atoms with Crippen molar-refractivity contribution in [1.82, 2.24) is 5.32 Å². The quantitative estimate of drug-likeness (QED) is 0.531. The number of unbranched alkanes of at least 4 members (excludes halogenated alkanes) is 1. The lowest BCUT2D eigenvalue weighted by atomic mass is 10.0. The first-order valence-corrected chi connectivity index (χ1v) is 10.2. The predicted molar refractivity (Wildman–Crippen MR) is 114 cm³/mol. The number of ether oxygens (including phenoxy) is 1. The number of benzene rings is 2. The normalized spacial score (nSPS) is 12.8. The zero-order valence-corrected chi connectivity index (χ0v) is 17.4. The van der Waals surface area contributed by atoms with Gasteiger partial charge in [-0.1, -0.05) is 50.1 Å². The molecule has 0 fully saturated rings. The average Bonchev–Trinajstić information content (AvgIpc) is 2.76. The molecule has 0 radical (unpaired) electrons. The van der Waals surface area contributed by atoms with E-state index in [1.165, 1.54) is 13.0 Å². The van der Waals surface area contributed by atoms with E-state index in [0.717, 1.165) is 22.9 Å². The van der Waals surface area contributed by atoms with E-state index >= 15 is 0 Å². The molecular weight excluding hydrogens is 398 g/mol. The number of rotatable bonds is 9. The van der Waals surface area contributed by atoms with Crippen molar-refractivity contribution in [3.8, 4) is 16.9 Å². The number of carbonyl (C=O) groups is 2. The molecule has 1 N–H and O–H groups in total. The first-order chi connectivity index (χ1) is 14.9. The standard InChI is InChI=1S/C24H25NO6/c1-3-4-10-20(24(28)29)25-23(27)15(2)30-17-11-12-18-19(16-8-6-5-7-9-16)14-22(26)31-21(18)13-17/h5-9,11-15,20H,3-4,10H2,1-2H3,(H,25,27)(H,28,29)/p-1/t15-,20-/m0/s1. The summed E-state index contributed by atoms with van der Waals surface area (Å²) in [7, 11) is 0. The van der Waals surface area contributed by atoms with Crippen molar-refractivity contribution >= 4 is 22.8 Å². The number of hydrogen-bond acceptors (Lipinski definition) is 6. The molecule has 0 spiro atoms. The number of fused-ring (bicyclic) bond motifs is 1. The molecule has 2 atom stereocenters. The van der Waals surface area contributed by atoms with Gasteiger partial charge in [-0.15, -0.1) is 0 Å². The van der Waals surface area contributed by atoms with E-state index in [4.69, 9.17) is 9.15 Å². The Morgan fingerprint density at radius 3 is 2.55 bits per heavy atom. The van der Waals surface area contributed by atoms with Gasteiger partial charge in [0.1, 0.15) is 11.3 Å². The second-order valence-corrected chi connectivity index (χ2v) is 7.29. The Hall–Kier alpha value is -3.61. The second-order valence-electron chi connectivity index (χ2n) is 7.29. The Kier molecular flexibility index (Phi) is 7.07. The first-order valence-electron chi connectivity index (χ1n) is 10.2. The summed E-state index contributed by atoms with van der Waals surface area (Å²) in [6, 6.07) is 14.8. The molecule has 0 aliphatic rings. The number of carboxylic acid groups (broad SMARTS) is 1. The first kappa shape index (κ1) is 22.1. The van der Waals surface area contributed by atoms with Gasteiger partial charge >= 0.3 is 5.63 Å². The van der Waals surface area contributed by atoms with Crippen molar-refractivity contribution in [3.05, 3.63) is 65.0 Å². The lowest BCUT2D eigenvalue weighted by Gasteiger charge is -2.22. The van der Waals surface area contributed by atoms with Gasteiger partial charge in [0.15, 0.2) is 6.10 Å². The number of carbonyl (C=O) groups excluding carboxylic acids is 2. The van der Waals surface area contributed by atoms with Crippen LogP contribution in [0.4, 0.5) is 0 Å². The van der Waals surface area contributed by atoms with Crippen molar-refractivity contribution in [2.75, 3.05) is 0 Å². The SMILES string of the molecule is CCCC[C@H](NC(=O)[C@H](C)Oc1ccc2c(-c3ccccc3)cc(=O)oc2c1)C(=O)[O-]. The van der Waals surface area contributed by atoms with Crippen LogP contribution in [0.2, 0.25) is 0 Å². The van der Waals surface area contributed by atoms with Crippen LogP contribution < -0.4 is 20.8 Å². The van der Waals surface area contributed by atoms with Crippen molar-refractivity contribution in [2.45, 2.75) is 45.3 Å². The fourth-order valence-electron chi connectivity index (χ4n) is 3.28. The van der Waals surface area contributed by atoms with Gasteiger partial charge in [-0.3, -0.25) is 4.79 Å². The van der Waals surface area contributed by atoms with Crippen LogP contribution in [-0.2, 0) is 9.59 Å². The summed E-state index contributed by atoms with van der Waals surface area (Å²) < 4.78 is 11.0. The molecule has 7 heteroatoms. The van der Waals surface area contributed by atoms with Crippen LogP contribution in [0.25, 0.3) is 22.1 Å². The Morgan fingerprint density at radius 2 is 1.87 bits per heavy atom. The summed E-state index contributed by atoms with van der Waals surface area (Å²) in [5.41, 5.74) is 1.44. The monoisotopic (exact) mass is 422 g/mol. The number of aliphatic carboxylic acids is 1. The van der Waals surface area contributed by atoms with Gasteiger partial charge in [-0.2, -0.15) is 0 Å². The maximum absolute atomic E-state index is 12.4. The summed E-state index contributed by atoms with van der Waals surface area (Å²) in [5, 5.41) is 14.4. The Morgan fingerprint density at radius 1 is 1.13 bits per heavy atom. The van der Waals surface area contributed by atoms with Crippen molar-refractivity contribution < 1.29 is 23.8 Å². The van der Waals surface area contributed by atoms with Gasteiger partial charge in [0, 0.05) is 17.5 Å². The molecule has 0 bridgehead atoms. The van der Waals surface area contributed by atoms with Gasteiger partial charge in [0.05, 0.1) is 12.0 Å². The van der Waals surface area contributed by atoms with Gasteiger partial charge in [0.25, 0.3) is 5.91 Å². The minimum Gasteiger partial charge on any atom is -0.548 e. The molecule has 31 heavy (non-hydrogen) atoms. The molecule has 1 heterocycles. The van der Waals surface area contributed by atoms with E-state index in [2.05, 4.69) is 5.32 Å². The Bertz CT molecular complexity index is 1120. The number of carboxylic acids is 1. The summed E-state index contributed by atoms with van der Waals surface area (Å²) in [6.45, 7) is 3.45. The fourth-order valence-corrected chi connectivity index (χ4v) is 3.28. The Balaban J connectivity index is 1.80. The molecule has 0 aliphatic carbocycles. The van der Waals surface area contributed by atoms with E-state index < -0.39 is 29.6 Å². The van der Waals surface area contributed by atoms with Crippen molar-refractivity contribution in [2.24, 2.45) is 0 Å². The number of amides is 1. The summed E-state index contributed by atoms with van der Waals surface area (Å²) in [5.74, 6) is -1.57. The van der Waals surface area contributed by atoms with Crippen LogP contribution in [0.5, 0.6) is 5.75 Å². The van der Waals surface area contributed by atoms with Crippen molar-refractivity contribution in [3.63, 3.8) is 0 Å². The lowest BCUT2D eigenvalue weighted by Crippen LogP contribution is -2.51. The van der Waals surface area contributed by atoms with Crippen LogP contribution in [-0.4, -0.2) is 24.0 Å². The minimum atomic E-state index is -1.32. The smallest absolute Gasteiger partial charge is 0.336 e. The maximum atomic E-state index is 12.4. The predicted octanol–water partition coefficient (Wildman–Crippen LogP) is 2.65. The Labute approximate surface area is 179 Å². The number of hydrogen-bond donors (Lipinski definition) is 1. The summed E-state index contributed by atoms with van der Waals surface area (Å²) in [6.07, 6.45) is 0.798. The molecule has 1 amide bonds. The molecule has 0 unspecified atom stereocenters. The topological polar surface area (TPSA) is 109 Å². The molecule has 0 saturated heterocycles. The summed E-state index contributed by atoms with van der Waals surface area (Å²) in [4.78, 5) is 35.7. The van der Waals surface area contributed by atoms with Crippen molar-refractivity contribution in [1.29, 1.82) is 0 Å². The van der Waals surface area contributed by atoms with Gasteiger partial charge in [-0.05, 0) is 36.6 Å². The van der Waals surface area contributed by atoms with E-state index in [1.54, 1.807) is 18.2 Å². The molecule has 2 aromatic carbocycles. The largest absolute Gasteiger partial charge is 0.548 e. The molecule has 7 nitrogen and oxygen atoms in total. The fraction of sp³-hybridized carbons (Fsp3) is 0.292. The van der Waals surface area contributed by atoms with Crippen LogP contribution in [0.3, 0.4) is 0 Å². The molecular formula is C24H24NO6-. The van der Waals surface area contributed by atoms with Gasteiger partial charge in [-0.25, -0.2) is 4.79 Å².